The summed E-state index contributed by atoms with van der Waals surface area (Å²) in [6, 6.07) is 11.2. The summed E-state index contributed by atoms with van der Waals surface area (Å²) in [5, 5.41) is 0. The molecule has 0 N–H and O–H groups in total. The molecular weight excluding hydrogens is 359 g/mol. The molecule has 0 unspecified atom stereocenters. The number of halogens is 3. The van der Waals surface area contributed by atoms with Crippen LogP contribution in [0.2, 0.25) is 0 Å². The van der Waals surface area contributed by atoms with Crippen molar-refractivity contribution >= 4 is 18.0 Å². The average molecular weight is 377 g/mol. The first-order valence-electron chi connectivity index (χ1n) is 7.98. The number of alkyl halides is 3. The van der Waals surface area contributed by atoms with Gasteiger partial charge >= 0.3 is 12.1 Å². The Morgan fingerprint density at radius 2 is 1.63 bits per heavy atom. The zero-order valence-electron chi connectivity index (χ0n) is 14.8. The van der Waals surface area contributed by atoms with Gasteiger partial charge in [-0.2, -0.15) is 13.2 Å². The van der Waals surface area contributed by atoms with E-state index in [0.29, 0.717) is 11.1 Å². The van der Waals surface area contributed by atoms with Crippen LogP contribution in [-0.2, 0) is 22.3 Å². The highest BCUT2D eigenvalue weighted by molar-refractivity contribution is 5.92. The smallest absolute Gasteiger partial charge is 0.416 e. The van der Waals surface area contributed by atoms with Crippen molar-refractivity contribution in [3.63, 3.8) is 0 Å². The molecule has 0 aliphatic heterocycles. The summed E-state index contributed by atoms with van der Waals surface area (Å²) in [5.74, 6) is -0.746. The van der Waals surface area contributed by atoms with Crippen LogP contribution < -0.4 is 0 Å². The quantitative estimate of drug-likeness (QED) is 0.581. The minimum Gasteiger partial charge on any atom is -0.465 e. The maximum Gasteiger partial charge on any atom is 0.416 e. The minimum absolute atomic E-state index is 0.183. The maximum absolute atomic E-state index is 12.6. The van der Waals surface area contributed by atoms with Gasteiger partial charge in [-0.3, -0.25) is 4.79 Å². The number of rotatable bonds is 5. The van der Waals surface area contributed by atoms with Gasteiger partial charge in [0.05, 0.1) is 18.2 Å². The molecule has 0 heterocycles. The van der Waals surface area contributed by atoms with E-state index < -0.39 is 17.7 Å². The van der Waals surface area contributed by atoms with E-state index in [9.17, 15) is 22.8 Å². The standard InChI is InChI=1S/C20H18F3NO3/c1-24(13-15-5-10-17(11-6-15)20(21,22)23)18(25)12-7-14-3-8-16(9-4-14)19(26)27-2/h3-12H,13H2,1-2H3. The second-order valence-electron chi connectivity index (χ2n) is 5.84. The maximum atomic E-state index is 12.6. The highest BCUT2D eigenvalue weighted by atomic mass is 19.4. The third-order valence-electron chi connectivity index (χ3n) is 3.83. The van der Waals surface area contributed by atoms with Crippen molar-refractivity contribution in [2.45, 2.75) is 12.7 Å². The van der Waals surface area contributed by atoms with Gasteiger partial charge in [0.1, 0.15) is 0 Å². The molecule has 0 bridgehead atoms. The van der Waals surface area contributed by atoms with Crippen LogP contribution >= 0.6 is 0 Å². The molecular formula is C20H18F3NO3. The zero-order valence-corrected chi connectivity index (χ0v) is 14.8. The number of benzene rings is 2. The molecule has 0 aliphatic rings. The molecule has 0 saturated heterocycles. The van der Waals surface area contributed by atoms with Crippen LogP contribution in [0.3, 0.4) is 0 Å². The van der Waals surface area contributed by atoms with Crippen molar-refractivity contribution in [2.24, 2.45) is 0 Å². The third-order valence-corrected chi connectivity index (χ3v) is 3.83. The van der Waals surface area contributed by atoms with Gasteiger partial charge in [-0.25, -0.2) is 4.79 Å². The van der Waals surface area contributed by atoms with Crippen molar-refractivity contribution in [1.82, 2.24) is 4.90 Å². The molecule has 1 amide bonds. The molecule has 0 radical (unpaired) electrons. The second-order valence-corrected chi connectivity index (χ2v) is 5.84. The first kappa shape index (κ1) is 20.2. The molecule has 0 aromatic heterocycles. The molecule has 27 heavy (non-hydrogen) atoms. The summed E-state index contributed by atoms with van der Waals surface area (Å²) < 4.78 is 42.3. The zero-order chi connectivity index (χ0) is 20.0. The molecule has 0 aliphatic carbocycles. The predicted molar refractivity (Wildman–Crippen MR) is 94.7 cm³/mol. The Morgan fingerprint density at radius 1 is 1.04 bits per heavy atom. The fourth-order valence-corrected chi connectivity index (χ4v) is 2.29. The molecule has 7 heteroatoms. The Balaban J connectivity index is 1.96. The van der Waals surface area contributed by atoms with E-state index in [-0.39, 0.29) is 12.5 Å². The lowest BCUT2D eigenvalue weighted by Crippen LogP contribution is -2.24. The van der Waals surface area contributed by atoms with Crippen LogP contribution in [0.5, 0.6) is 0 Å². The largest absolute Gasteiger partial charge is 0.465 e. The Bertz CT molecular complexity index is 825. The number of nitrogens with zero attached hydrogens (tertiary/aromatic N) is 1. The first-order valence-corrected chi connectivity index (χ1v) is 7.98. The van der Waals surface area contributed by atoms with E-state index in [4.69, 9.17) is 0 Å². The van der Waals surface area contributed by atoms with E-state index in [1.807, 2.05) is 0 Å². The molecule has 2 rings (SSSR count). The molecule has 0 saturated carbocycles. The monoisotopic (exact) mass is 377 g/mol. The number of hydrogen-bond donors (Lipinski definition) is 0. The summed E-state index contributed by atoms with van der Waals surface area (Å²) in [6.45, 7) is 0.183. The van der Waals surface area contributed by atoms with E-state index in [0.717, 1.165) is 17.7 Å². The van der Waals surface area contributed by atoms with Crippen molar-refractivity contribution in [2.75, 3.05) is 14.2 Å². The van der Waals surface area contributed by atoms with Gasteiger partial charge in [-0.05, 0) is 41.5 Å². The number of methoxy groups -OCH3 is 1. The van der Waals surface area contributed by atoms with E-state index in [2.05, 4.69) is 4.74 Å². The van der Waals surface area contributed by atoms with Crippen LogP contribution in [0.4, 0.5) is 13.2 Å². The fourth-order valence-electron chi connectivity index (χ4n) is 2.29. The Morgan fingerprint density at radius 3 is 2.15 bits per heavy atom. The number of carbonyl (C=O) groups is 2. The van der Waals surface area contributed by atoms with Crippen molar-refractivity contribution in [3.8, 4) is 0 Å². The number of carbonyl (C=O) groups excluding carboxylic acids is 2. The number of ether oxygens (including phenoxy) is 1. The van der Waals surface area contributed by atoms with E-state index >= 15 is 0 Å². The van der Waals surface area contributed by atoms with Crippen molar-refractivity contribution in [3.05, 3.63) is 76.9 Å². The molecule has 142 valence electrons. The highest BCUT2D eigenvalue weighted by Gasteiger charge is 2.29. The summed E-state index contributed by atoms with van der Waals surface area (Å²) in [4.78, 5) is 24.9. The fraction of sp³-hybridized carbons (Fsp3) is 0.200. The summed E-state index contributed by atoms with van der Waals surface area (Å²) in [5.41, 5.74) is 0.990. The third kappa shape index (κ3) is 5.70. The topological polar surface area (TPSA) is 46.6 Å². The Hall–Kier alpha value is -3.09. The molecule has 0 spiro atoms. The Kier molecular flexibility index (Phi) is 6.39. The summed E-state index contributed by atoms with van der Waals surface area (Å²) >= 11 is 0. The van der Waals surface area contributed by atoms with Gasteiger partial charge in [0.2, 0.25) is 5.91 Å². The number of amides is 1. The predicted octanol–water partition coefficient (Wildman–Crippen LogP) is 4.16. The van der Waals surface area contributed by atoms with Crippen molar-refractivity contribution < 1.29 is 27.5 Å². The first-order chi connectivity index (χ1) is 12.7. The van der Waals surface area contributed by atoms with Gasteiger partial charge in [-0.1, -0.05) is 24.3 Å². The number of likely N-dealkylation sites (N-methyl/N-ethyl adjacent to an activating group) is 1. The lowest BCUT2D eigenvalue weighted by atomic mass is 10.1. The molecule has 2 aromatic rings. The second kappa shape index (κ2) is 8.53. The van der Waals surface area contributed by atoms with Crippen LogP contribution in [-0.4, -0.2) is 30.9 Å². The van der Waals surface area contributed by atoms with E-state index in [1.54, 1.807) is 37.4 Å². The number of hydrogen-bond acceptors (Lipinski definition) is 3. The molecule has 4 nitrogen and oxygen atoms in total. The lowest BCUT2D eigenvalue weighted by Gasteiger charge is -2.16. The summed E-state index contributed by atoms with van der Waals surface area (Å²) in [6.07, 6.45) is -1.43. The van der Waals surface area contributed by atoms with Gasteiger partial charge in [0, 0.05) is 19.7 Å². The SMILES string of the molecule is COC(=O)c1ccc(C=CC(=O)N(C)Cc2ccc(C(F)(F)F)cc2)cc1. The van der Waals surface area contributed by atoms with Gasteiger partial charge in [-0.15, -0.1) is 0 Å². The highest BCUT2D eigenvalue weighted by Crippen LogP contribution is 2.29. The molecule has 0 fully saturated rings. The van der Waals surface area contributed by atoms with Crippen LogP contribution in [0.25, 0.3) is 6.08 Å². The van der Waals surface area contributed by atoms with Gasteiger partial charge in [0.25, 0.3) is 0 Å². The Labute approximate surface area is 154 Å². The van der Waals surface area contributed by atoms with Gasteiger partial charge in [0.15, 0.2) is 0 Å². The average Bonchev–Trinajstić information content (AvgIpc) is 2.65. The summed E-state index contributed by atoms with van der Waals surface area (Å²) in [7, 11) is 2.85. The number of esters is 1. The minimum atomic E-state index is -4.38. The van der Waals surface area contributed by atoms with Crippen LogP contribution in [0.15, 0.2) is 54.6 Å². The van der Waals surface area contributed by atoms with Gasteiger partial charge < -0.3 is 9.64 Å². The molecule has 0 atom stereocenters. The van der Waals surface area contributed by atoms with Crippen LogP contribution in [0.1, 0.15) is 27.0 Å². The lowest BCUT2D eigenvalue weighted by molar-refractivity contribution is -0.137. The van der Waals surface area contributed by atoms with Crippen molar-refractivity contribution in [1.29, 1.82) is 0 Å². The molecule has 2 aromatic carbocycles. The normalized spacial score (nSPS) is 11.4. The van der Waals surface area contributed by atoms with Crippen LogP contribution in [0, 0.1) is 0 Å². The van der Waals surface area contributed by atoms with E-state index in [1.165, 1.54) is 30.2 Å².